The largest absolute Gasteiger partial charge is 0.496 e. The number of carbonyl (C=O) groups is 1. The van der Waals surface area contributed by atoms with Crippen molar-refractivity contribution in [3.8, 4) is 17.0 Å². The molecule has 0 saturated heterocycles. The monoisotopic (exact) mass is 496 g/mol. The Morgan fingerprint density at radius 1 is 1.20 bits per heavy atom. The smallest absolute Gasteiger partial charge is 0.338 e. The Morgan fingerprint density at radius 2 is 2.00 bits per heavy atom. The quantitative estimate of drug-likeness (QED) is 0.297. The molecule has 0 saturated carbocycles. The number of rotatable bonds is 9. The molecule has 0 unspecified atom stereocenters. The van der Waals surface area contributed by atoms with Crippen LogP contribution in [0.2, 0.25) is 5.02 Å². The standard InChI is InChI=1S/C26H26ClFN4O3/c1-4-5-16-9-17(10-20(28)25(16)26(33)34)21-13-24(31-14-30-21)29-6-7-32-15(2)8-19-22(32)11-18(27)12-23(19)35-3/h8-14H,4-7H2,1-3H3,(H,33,34)(H,29,30,31). The van der Waals surface area contributed by atoms with Gasteiger partial charge in [0, 0.05) is 40.8 Å². The van der Waals surface area contributed by atoms with Gasteiger partial charge in [0.15, 0.2) is 0 Å². The molecule has 9 heteroatoms. The van der Waals surface area contributed by atoms with Gasteiger partial charge in [0.05, 0.1) is 23.9 Å². The maximum atomic E-state index is 14.6. The molecule has 0 atom stereocenters. The minimum atomic E-state index is -1.27. The lowest BCUT2D eigenvalue weighted by Gasteiger charge is -2.12. The van der Waals surface area contributed by atoms with Crippen molar-refractivity contribution >= 4 is 34.3 Å². The maximum Gasteiger partial charge on any atom is 0.338 e. The fraction of sp³-hybridized carbons (Fsp3) is 0.269. The van der Waals surface area contributed by atoms with Crippen LogP contribution in [0.3, 0.4) is 0 Å². The average molecular weight is 497 g/mol. The van der Waals surface area contributed by atoms with Crippen molar-refractivity contribution in [2.75, 3.05) is 19.0 Å². The first-order valence-corrected chi connectivity index (χ1v) is 11.7. The molecule has 4 rings (SSSR count). The molecule has 4 aromatic rings. The van der Waals surface area contributed by atoms with E-state index in [-0.39, 0.29) is 5.56 Å². The van der Waals surface area contributed by atoms with Crippen LogP contribution < -0.4 is 10.1 Å². The number of aromatic nitrogens is 3. The number of hydrogen-bond acceptors (Lipinski definition) is 5. The molecule has 35 heavy (non-hydrogen) atoms. The summed E-state index contributed by atoms with van der Waals surface area (Å²) in [7, 11) is 1.62. The summed E-state index contributed by atoms with van der Waals surface area (Å²) in [6.07, 6.45) is 2.56. The number of hydrogen-bond donors (Lipinski definition) is 2. The SMILES string of the molecule is CCCc1cc(-c2cc(NCCn3c(C)cc4c(OC)cc(Cl)cc43)ncn2)cc(F)c1C(=O)O. The van der Waals surface area contributed by atoms with Crippen molar-refractivity contribution in [1.82, 2.24) is 14.5 Å². The van der Waals surface area contributed by atoms with E-state index in [9.17, 15) is 14.3 Å². The molecular weight excluding hydrogens is 471 g/mol. The Labute approximate surface area is 207 Å². The highest BCUT2D eigenvalue weighted by Gasteiger charge is 2.18. The second-order valence-electron chi connectivity index (χ2n) is 8.24. The van der Waals surface area contributed by atoms with E-state index < -0.39 is 11.8 Å². The fourth-order valence-electron chi connectivity index (χ4n) is 4.32. The number of fused-ring (bicyclic) bond motifs is 1. The van der Waals surface area contributed by atoms with Gasteiger partial charge in [-0.3, -0.25) is 0 Å². The number of methoxy groups -OCH3 is 1. The molecule has 182 valence electrons. The molecule has 0 radical (unpaired) electrons. The Morgan fingerprint density at radius 3 is 2.71 bits per heavy atom. The van der Waals surface area contributed by atoms with Crippen LogP contribution in [0.1, 0.15) is 35.0 Å². The van der Waals surface area contributed by atoms with Gasteiger partial charge in [-0.15, -0.1) is 0 Å². The number of benzene rings is 2. The van der Waals surface area contributed by atoms with Crippen molar-refractivity contribution < 1.29 is 19.0 Å². The lowest BCUT2D eigenvalue weighted by Crippen LogP contribution is -2.12. The first-order chi connectivity index (χ1) is 16.8. The third kappa shape index (κ3) is 5.07. The topological polar surface area (TPSA) is 89.3 Å². The van der Waals surface area contributed by atoms with Crippen LogP contribution in [0.4, 0.5) is 10.2 Å². The number of halogens is 2. The summed E-state index contributed by atoms with van der Waals surface area (Å²) in [5, 5.41) is 14.3. The lowest BCUT2D eigenvalue weighted by molar-refractivity contribution is 0.0690. The molecule has 0 aliphatic rings. The summed E-state index contributed by atoms with van der Waals surface area (Å²) in [6.45, 7) is 5.17. The molecule has 2 heterocycles. The highest BCUT2D eigenvalue weighted by Crippen LogP contribution is 2.32. The summed E-state index contributed by atoms with van der Waals surface area (Å²) >= 11 is 6.27. The number of carboxylic acid groups (broad SMARTS) is 1. The van der Waals surface area contributed by atoms with Gasteiger partial charge in [-0.1, -0.05) is 24.9 Å². The molecule has 2 N–H and O–H groups in total. The molecule has 0 aliphatic carbocycles. The zero-order chi connectivity index (χ0) is 25.1. The lowest BCUT2D eigenvalue weighted by atomic mass is 9.98. The molecule has 0 fully saturated rings. The van der Waals surface area contributed by atoms with Gasteiger partial charge >= 0.3 is 5.97 Å². The zero-order valence-corrected chi connectivity index (χ0v) is 20.5. The van der Waals surface area contributed by atoms with Gasteiger partial charge in [-0.25, -0.2) is 19.2 Å². The number of aryl methyl sites for hydroxylation is 2. The predicted octanol–water partition coefficient (Wildman–Crippen LogP) is 5.97. The fourth-order valence-corrected chi connectivity index (χ4v) is 4.52. The van der Waals surface area contributed by atoms with Crippen molar-refractivity contribution in [1.29, 1.82) is 0 Å². The van der Waals surface area contributed by atoms with Crippen molar-refractivity contribution in [3.05, 3.63) is 70.4 Å². The Kier molecular flexibility index (Phi) is 7.21. The van der Waals surface area contributed by atoms with Crippen LogP contribution in [-0.2, 0) is 13.0 Å². The van der Waals surface area contributed by atoms with Gasteiger partial charge in [0.25, 0.3) is 0 Å². The third-order valence-corrected chi connectivity index (χ3v) is 6.10. The summed E-state index contributed by atoms with van der Waals surface area (Å²) in [5.41, 5.74) is 3.24. The van der Waals surface area contributed by atoms with Crippen LogP contribution >= 0.6 is 11.6 Å². The number of nitrogens with one attached hydrogen (secondary N) is 1. The van der Waals surface area contributed by atoms with Gasteiger partial charge in [-0.2, -0.15) is 0 Å². The second-order valence-corrected chi connectivity index (χ2v) is 8.68. The van der Waals surface area contributed by atoms with Crippen LogP contribution in [-0.4, -0.2) is 39.3 Å². The second kappa shape index (κ2) is 10.3. The van der Waals surface area contributed by atoms with Crippen LogP contribution in [0.15, 0.2) is 42.7 Å². The molecule has 7 nitrogen and oxygen atoms in total. The molecular formula is C26H26ClFN4O3. The van der Waals surface area contributed by atoms with E-state index in [2.05, 4.69) is 25.9 Å². The van der Waals surface area contributed by atoms with Crippen LogP contribution in [0.5, 0.6) is 5.75 Å². The van der Waals surface area contributed by atoms with E-state index in [1.54, 1.807) is 25.3 Å². The first-order valence-electron chi connectivity index (χ1n) is 11.3. The number of ether oxygens (including phenoxy) is 1. The predicted molar refractivity (Wildman–Crippen MR) is 135 cm³/mol. The Bertz CT molecular complexity index is 1400. The van der Waals surface area contributed by atoms with Crippen molar-refractivity contribution in [2.24, 2.45) is 0 Å². The summed E-state index contributed by atoms with van der Waals surface area (Å²) in [6, 6.07) is 10.4. The van der Waals surface area contributed by atoms with E-state index in [1.807, 2.05) is 19.9 Å². The minimum Gasteiger partial charge on any atom is -0.496 e. The Hall–Kier alpha value is -3.65. The van der Waals surface area contributed by atoms with E-state index in [0.717, 1.165) is 22.3 Å². The normalized spacial score (nSPS) is 11.1. The molecule has 0 bridgehead atoms. The van der Waals surface area contributed by atoms with Crippen LogP contribution in [0.25, 0.3) is 22.2 Å². The number of anilines is 1. The van der Waals surface area contributed by atoms with Crippen molar-refractivity contribution in [2.45, 2.75) is 33.2 Å². The summed E-state index contributed by atoms with van der Waals surface area (Å²) in [4.78, 5) is 20.0. The van der Waals surface area contributed by atoms with Gasteiger partial charge in [0.1, 0.15) is 23.7 Å². The highest BCUT2D eigenvalue weighted by molar-refractivity contribution is 6.31. The molecule has 0 aliphatic heterocycles. The Balaban J connectivity index is 1.55. The first kappa shape index (κ1) is 24.5. The van der Waals surface area contributed by atoms with Gasteiger partial charge in [-0.05, 0) is 49.2 Å². The minimum absolute atomic E-state index is 0.283. The van der Waals surface area contributed by atoms with E-state index in [0.29, 0.717) is 53.6 Å². The highest BCUT2D eigenvalue weighted by atomic mass is 35.5. The number of carboxylic acids is 1. The van der Waals surface area contributed by atoms with Gasteiger partial charge < -0.3 is 19.7 Å². The van der Waals surface area contributed by atoms with Crippen LogP contribution in [0, 0.1) is 12.7 Å². The van der Waals surface area contributed by atoms with E-state index in [1.165, 1.54) is 12.4 Å². The summed E-state index contributed by atoms with van der Waals surface area (Å²) in [5.74, 6) is -0.726. The zero-order valence-electron chi connectivity index (χ0n) is 19.7. The van der Waals surface area contributed by atoms with Gasteiger partial charge in [0.2, 0.25) is 0 Å². The molecule has 2 aromatic carbocycles. The number of aromatic carboxylic acids is 1. The molecule has 2 aromatic heterocycles. The molecule has 0 spiro atoms. The number of nitrogens with zero attached hydrogens (tertiary/aromatic N) is 3. The maximum absolute atomic E-state index is 14.6. The summed E-state index contributed by atoms with van der Waals surface area (Å²) < 4.78 is 22.2. The van der Waals surface area contributed by atoms with Crippen molar-refractivity contribution in [3.63, 3.8) is 0 Å². The van der Waals surface area contributed by atoms with E-state index in [4.69, 9.17) is 16.3 Å². The van der Waals surface area contributed by atoms with E-state index >= 15 is 0 Å². The molecule has 0 amide bonds. The third-order valence-electron chi connectivity index (χ3n) is 5.88. The average Bonchev–Trinajstić information content (AvgIpc) is 3.13.